The van der Waals surface area contributed by atoms with Crippen LogP contribution in [-0.4, -0.2) is 42.7 Å². The van der Waals surface area contributed by atoms with Crippen molar-refractivity contribution in [1.82, 2.24) is 5.32 Å². The topological polar surface area (TPSA) is 135 Å². The summed E-state index contributed by atoms with van der Waals surface area (Å²) in [5.74, 6) is -2.39. The molecular weight excluding hydrogens is 403 g/mol. The summed E-state index contributed by atoms with van der Waals surface area (Å²) in [7, 11) is -1.39. The van der Waals surface area contributed by atoms with Crippen molar-refractivity contribution < 1.29 is 33.5 Å². The fraction of sp³-hybridized carbons (Fsp3) is 0.238. The monoisotopic (exact) mass is 422 g/mol. The molecule has 158 valence electrons. The number of fused-ring (bicyclic) bond motifs is 1. The number of nitrogens with one attached hydrogen (secondary N) is 1. The zero-order chi connectivity index (χ0) is 22.2. The molecule has 1 heterocycles. The second kappa shape index (κ2) is 10.3. The Labute approximate surface area is 178 Å². The molecule has 0 bridgehead atoms. The van der Waals surface area contributed by atoms with Crippen molar-refractivity contribution in [3.05, 3.63) is 65.2 Å². The molecule has 2 aromatic rings. The average Bonchev–Trinajstić information content (AvgIpc) is 2.78. The summed E-state index contributed by atoms with van der Waals surface area (Å²) in [5, 5.41) is 21.4. The summed E-state index contributed by atoms with van der Waals surface area (Å²) in [6.07, 6.45) is 0.302. The molecule has 2 N–H and O–H groups in total. The van der Waals surface area contributed by atoms with Gasteiger partial charge in [0, 0.05) is 12.8 Å². The van der Waals surface area contributed by atoms with Crippen molar-refractivity contribution in [2.75, 3.05) is 6.79 Å². The first-order valence-corrected chi connectivity index (χ1v) is 9.52. The molecule has 0 aromatic heterocycles. The van der Waals surface area contributed by atoms with Crippen molar-refractivity contribution in [3.8, 4) is 11.8 Å². The van der Waals surface area contributed by atoms with E-state index in [1.165, 1.54) is 6.07 Å². The Kier molecular flexibility index (Phi) is 7.24. The molecule has 0 aliphatic carbocycles. The standard InChI is InChI=1S/C21H19BN2O7/c23-11-5-10-18(25)24-17-12-15-8-4-9-16(19(15)31-22(17)28)21(27)30-13-29-20(26)14-6-2-1-3-7-14/h1-4,6-9,17,28H,5,10,12-13H2,(H,24,25). The molecule has 31 heavy (non-hydrogen) atoms. The highest BCUT2D eigenvalue weighted by Crippen LogP contribution is 2.30. The zero-order valence-electron chi connectivity index (χ0n) is 16.4. The van der Waals surface area contributed by atoms with E-state index in [1.54, 1.807) is 42.5 Å². The van der Waals surface area contributed by atoms with Gasteiger partial charge in [0.1, 0.15) is 11.3 Å². The van der Waals surface area contributed by atoms with Crippen LogP contribution in [-0.2, 0) is 20.7 Å². The summed E-state index contributed by atoms with van der Waals surface area (Å²) in [6, 6.07) is 14.9. The summed E-state index contributed by atoms with van der Waals surface area (Å²) < 4.78 is 15.4. The summed E-state index contributed by atoms with van der Waals surface area (Å²) in [4.78, 5) is 36.2. The van der Waals surface area contributed by atoms with E-state index >= 15 is 0 Å². The predicted molar refractivity (Wildman–Crippen MR) is 108 cm³/mol. The number of hydrogen-bond acceptors (Lipinski definition) is 8. The lowest BCUT2D eigenvalue weighted by atomic mass is 9.72. The van der Waals surface area contributed by atoms with E-state index in [-0.39, 0.29) is 36.5 Å². The maximum absolute atomic E-state index is 12.4. The molecule has 0 saturated carbocycles. The van der Waals surface area contributed by atoms with Crippen LogP contribution in [0.4, 0.5) is 0 Å². The fourth-order valence-corrected chi connectivity index (χ4v) is 3.03. The first-order chi connectivity index (χ1) is 15.0. The number of benzene rings is 2. The molecular formula is C21H19BN2O7. The van der Waals surface area contributed by atoms with Crippen LogP contribution in [0.15, 0.2) is 48.5 Å². The quantitative estimate of drug-likeness (QED) is 0.389. The van der Waals surface area contributed by atoms with Gasteiger partial charge < -0.3 is 24.5 Å². The maximum Gasteiger partial charge on any atom is 0.547 e. The first kappa shape index (κ1) is 21.9. The number of rotatable bonds is 7. The molecule has 1 aliphatic rings. The summed E-state index contributed by atoms with van der Waals surface area (Å²) >= 11 is 0. The first-order valence-electron chi connectivity index (χ1n) is 9.52. The molecule has 1 unspecified atom stereocenters. The zero-order valence-corrected chi connectivity index (χ0v) is 16.4. The smallest absolute Gasteiger partial charge is 0.534 e. The summed E-state index contributed by atoms with van der Waals surface area (Å²) in [5.41, 5.74) is 0.970. The van der Waals surface area contributed by atoms with Gasteiger partial charge in [-0.05, 0) is 30.2 Å². The molecule has 2 aromatic carbocycles. The molecule has 1 atom stereocenters. The summed E-state index contributed by atoms with van der Waals surface area (Å²) in [6.45, 7) is -0.587. The molecule has 0 saturated heterocycles. The van der Waals surface area contributed by atoms with Crippen molar-refractivity contribution >= 4 is 25.0 Å². The van der Waals surface area contributed by atoms with Crippen LogP contribution in [0, 0.1) is 11.3 Å². The Morgan fingerprint density at radius 2 is 1.87 bits per heavy atom. The highest BCUT2D eigenvalue weighted by atomic mass is 16.7. The number of carbonyl (C=O) groups is 3. The largest absolute Gasteiger partial charge is 0.547 e. The second-order valence-corrected chi connectivity index (χ2v) is 6.69. The van der Waals surface area contributed by atoms with Crippen LogP contribution < -0.4 is 9.97 Å². The van der Waals surface area contributed by atoms with Crippen LogP contribution in [0.1, 0.15) is 39.1 Å². The minimum Gasteiger partial charge on any atom is -0.534 e. The van der Waals surface area contributed by atoms with Crippen LogP contribution >= 0.6 is 0 Å². The van der Waals surface area contributed by atoms with Gasteiger partial charge in [-0.25, -0.2) is 9.59 Å². The van der Waals surface area contributed by atoms with Crippen molar-refractivity contribution in [2.45, 2.75) is 25.2 Å². The highest BCUT2D eigenvalue weighted by molar-refractivity contribution is 6.47. The Bertz CT molecular complexity index is 1010. The van der Waals surface area contributed by atoms with Crippen LogP contribution in [0.25, 0.3) is 0 Å². The lowest BCUT2D eigenvalue weighted by molar-refractivity contribution is -0.121. The molecule has 1 aliphatic heterocycles. The molecule has 10 heteroatoms. The number of hydrogen-bond donors (Lipinski definition) is 2. The lowest BCUT2D eigenvalue weighted by Gasteiger charge is -2.29. The maximum atomic E-state index is 12.4. The minimum atomic E-state index is -1.39. The van der Waals surface area contributed by atoms with E-state index in [2.05, 4.69) is 5.32 Å². The van der Waals surface area contributed by atoms with Crippen LogP contribution in [0.2, 0.25) is 0 Å². The third-order valence-electron chi connectivity index (χ3n) is 4.54. The van der Waals surface area contributed by atoms with Gasteiger partial charge in [0.05, 0.1) is 17.6 Å². The predicted octanol–water partition coefficient (Wildman–Crippen LogP) is 1.40. The third kappa shape index (κ3) is 5.61. The van der Waals surface area contributed by atoms with Crippen LogP contribution in [0.3, 0.4) is 0 Å². The Balaban J connectivity index is 1.61. The Morgan fingerprint density at radius 3 is 2.61 bits per heavy atom. The number of esters is 2. The van der Waals surface area contributed by atoms with E-state index < -0.39 is 31.8 Å². The molecule has 9 nitrogen and oxygen atoms in total. The average molecular weight is 422 g/mol. The molecule has 0 radical (unpaired) electrons. The van der Waals surface area contributed by atoms with Gasteiger partial charge >= 0.3 is 19.1 Å². The van der Waals surface area contributed by atoms with E-state index in [1.807, 2.05) is 6.07 Å². The van der Waals surface area contributed by atoms with E-state index in [0.717, 1.165) is 0 Å². The SMILES string of the molecule is N#CCCC(=O)NC1Cc2cccc(C(=O)OCOC(=O)c3ccccc3)c2OB1O. The fourth-order valence-electron chi connectivity index (χ4n) is 3.03. The number of amides is 1. The van der Waals surface area contributed by atoms with Gasteiger partial charge in [-0.1, -0.05) is 30.3 Å². The van der Waals surface area contributed by atoms with E-state index in [4.69, 9.17) is 19.4 Å². The van der Waals surface area contributed by atoms with Gasteiger partial charge in [0.2, 0.25) is 12.7 Å². The van der Waals surface area contributed by atoms with Gasteiger partial charge in [-0.3, -0.25) is 4.79 Å². The van der Waals surface area contributed by atoms with Crippen molar-refractivity contribution in [2.24, 2.45) is 0 Å². The number of nitriles is 1. The van der Waals surface area contributed by atoms with Crippen molar-refractivity contribution in [1.29, 1.82) is 5.26 Å². The number of nitrogens with zero attached hydrogens (tertiary/aromatic N) is 1. The third-order valence-corrected chi connectivity index (χ3v) is 4.54. The number of para-hydroxylation sites is 1. The molecule has 0 spiro atoms. The Hall–Kier alpha value is -3.84. The van der Waals surface area contributed by atoms with E-state index in [9.17, 15) is 19.4 Å². The highest BCUT2D eigenvalue weighted by Gasteiger charge is 2.37. The normalized spacial score (nSPS) is 14.5. The Morgan fingerprint density at radius 1 is 1.13 bits per heavy atom. The van der Waals surface area contributed by atoms with Crippen molar-refractivity contribution in [3.63, 3.8) is 0 Å². The van der Waals surface area contributed by atoms with Gasteiger partial charge in [0.15, 0.2) is 0 Å². The molecule has 0 fully saturated rings. The van der Waals surface area contributed by atoms with Gasteiger partial charge in [-0.2, -0.15) is 5.26 Å². The molecule has 1 amide bonds. The number of carbonyl (C=O) groups excluding carboxylic acids is 3. The van der Waals surface area contributed by atoms with E-state index in [0.29, 0.717) is 11.1 Å². The van der Waals surface area contributed by atoms with Gasteiger partial charge in [0.25, 0.3) is 0 Å². The van der Waals surface area contributed by atoms with Crippen LogP contribution in [0.5, 0.6) is 5.75 Å². The molecule has 3 rings (SSSR count). The number of ether oxygens (including phenoxy) is 2. The second-order valence-electron chi connectivity index (χ2n) is 6.69. The van der Waals surface area contributed by atoms with Gasteiger partial charge in [-0.15, -0.1) is 0 Å². The lowest BCUT2D eigenvalue weighted by Crippen LogP contribution is -2.53. The minimum absolute atomic E-state index is 0.0145.